The van der Waals surface area contributed by atoms with Crippen LogP contribution in [-0.4, -0.2) is 47.2 Å². The number of carbonyl (C=O) groups is 2. The lowest BCUT2D eigenvalue weighted by molar-refractivity contribution is -0.138. The van der Waals surface area contributed by atoms with Gasteiger partial charge in [0.25, 0.3) is 5.91 Å². The first-order valence-corrected chi connectivity index (χ1v) is 15.0. The Morgan fingerprint density at radius 1 is 1.17 bits per heavy atom. The first-order chi connectivity index (χ1) is 22.1. The maximum Gasteiger partial charge on any atom is 0.418 e. The molecule has 1 aliphatic carbocycles. The number of hydrogen-bond acceptors (Lipinski definition) is 7. The second-order valence-corrected chi connectivity index (χ2v) is 12.5. The highest BCUT2D eigenvalue weighted by atomic mass is 35.5. The van der Waals surface area contributed by atoms with Gasteiger partial charge in [-0.25, -0.2) is 14.4 Å². The van der Waals surface area contributed by atoms with Crippen LogP contribution in [0, 0.1) is 18.7 Å². The van der Waals surface area contributed by atoms with E-state index in [4.69, 9.17) is 31.8 Å². The van der Waals surface area contributed by atoms with Gasteiger partial charge in [0.05, 0.1) is 35.6 Å². The van der Waals surface area contributed by atoms with Crippen LogP contribution in [0.1, 0.15) is 52.6 Å². The Morgan fingerprint density at radius 2 is 1.89 bits per heavy atom. The number of amides is 2. The van der Waals surface area contributed by atoms with Crippen LogP contribution in [-0.2, 0) is 22.0 Å². The Bertz CT molecular complexity index is 1970. The van der Waals surface area contributed by atoms with Crippen molar-refractivity contribution >= 4 is 34.3 Å². The third-order valence-corrected chi connectivity index (χ3v) is 9.17. The highest BCUT2D eigenvalue weighted by Gasteiger charge is 2.50. The van der Waals surface area contributed by atoms with E-state index in [0.29, 0.717) is 24.0 Å². The summed E-state index contributed by atoms with van der Waals surface area (Å²) in [6.07, 6.45) is -3.46. The molecule has 2 aromatic heterocycles. The van der Waals surface area contributed by atoms with Crippen molar-refractivity contribution in [3.05, 3.63) is 81.4 Å². The van der Waals surface area contributed by atoms with Gasteiger partial charge in [-0.2, -0.15) is 13.2 Å². The molecule has 1 unspecified atom stereocenters. The van der Waals surface area contributed by atoms with Crippen LogP contribution in [0.25, 0.3) is 22.2 Å². The minimum absolute atomic E-state index is 0.0236. The molecule has 1 aliphatic heterocycles. The lowest BCUT2D eigenvalue weighted by Crippen LogP contribution is -2.44. The fourth-order valence-corrected chi connectivity index (χ4v) is 6.07. The van der Waals surface area contributed by atoms with Crippen LogP contribution in [0.4, 0.5) is 17.6 Å². The smallest absolute Gasteiger partial charge is 0.418 e. The van der Waals surface area contributed by atoms with E-state index in [2.05, 4.69) is 10.3 Å². The third kappa shape index (κ3) is 5.61. The zero-order chi connectivity index (χ0) is 34.1. The maximum absolute atomic E-state index is 14.1. The lowest BCUT2D eigenvalue weighted by Gasteiger charge is -2.30. The molecule has 2 aromatic carbocycles. The number of nitrogens with one attached hydrogen (secondary N) is 1. The fourth-order valence-electron chi connectivity index (χ4n) is 5.89. The molecule has 0 saturated heterocycles. The normalized spacial score (nSPS) is 18.7. The number of hydrogen-bond donors (Lipinski definition) is 3. The fraction of sp³-hybridized carbons (Fsp3) is 0.333. The molecule has 47 heavy (non-hydrogen) atoms. The summed E-state index contributed by atoms with van der Waals surface area (Å²) >= 11 is 6.07. The van der Waals surface area contributed by atoms with Gasteiger partial charge in [0.1, 0.15) is 46.1 Å². The van der Waals surface area contributed by atoms with Crippen molar-refractivity contribution in [3.8, 4) is 22.8 Å². The van der Waals surface area contributed by atoms with E-state index in [1.165, 1.54) is 44.4 Å². The molecule has 0 radical (unpaired) electrons. The number of methoxy groups -OCH3 is 1. The van der Waals surface area contributed by atoms with Crippen molar-refractivity contribution in [1.82, 2.24) is 15.3 Å². The van der Waals surface area contributed by atoms with Gasteiger partial charge >= 0.3 is 6.18 Å². The van der Waals surface area contributed by atoms with E-state index in [-0.39, 0.29) is 69.1 Å². The SMILES string of the molecule is COc1cc(C(=O)NCC(O)(c2cc3c(c(-c4ccc(F)c(Cl)c4)n2)OC[C@]3(C)C(N)=O)C2CC2)cc2cc(C(F)(F)F)c(C)nc12. The monoisotopic (exact) mass is 672 g/mol. The summed E-state index contributed by atoms with van der Waals surface area (Å²) in [6.45, 7) is 2.39. The van der Waals surface area contributed by atoms with E-state index in [0.717, 1.165) is 12.1 Å². The highest BCUT2D eigenvalue weighted by molar-refractivity contribution is 6.31. The van der Waals surface area contributed by atoms with Gasteiger partial charge in [-0.05, 0) is 75.1 Å². The Balaban J connectivity index is 1.40. The minimum Gasteiger partial charge on any atom is -0.494 e. The molecule has 0 bridgehead atoms. The number of fused-ring (bicyclic) bond motifs is 2. The number of alkyl halides is 3. The van der Waals surface area contributed by atoms with Gasteiger partial charge in [-0.3, -0.25) is 9.59 Å². The van der Waals surface area contributed by atoms with Crippen LogP contribution in [0.5, 0.6) is 11.5 Å². The molecule has 6 rings (SSSR count). The van der Waals surface area contributed by atoms with Gasteiger partial charge in [-0.15, -0.1) is 0 Å². The Hall–Kier alpha value is -4.49. The van der Waals surface area contributed by atoms with Gasteiger partial charge in [0, 0.05) is 22.1 Å². The average Bonchev–Trinajstić information content (AvgIpc) is 3.83. The summed E-state index contributed by atoms with van der Waals surface area (Å²) in [7, 11) is 1.31. The number of rotatable bonds is 8. The number of pyridine rings is 2. The van der Waals surface area contributed by atoms with E-state index < -0.39 is 40.4 Å². The molecule has 1 fully saturated rings. The molecular weight excluding hydrogens is 644 g/mol. The van der Waals surface area contributed by atoms with Gasteiger partial charge in [0.2, 0.25) is 5.91 Å². The molecule has 2 aliphatic rings. The van der Waals surface area contributed by atoms with Crippen LogP contribution >= 0.6 is 11.6 Å². The minimum atomic E-state index is -4.66. The van der Waals surface area contributed by atoms with E-state index >= 15 is 0 Å². The van der Waals surface area contributed by atoms with Crippen LogP contribution in [0.2, 0.25) is 5.02 Å². The molecule has 3 heterocycles. The lowest BCUT2D eigenvalue weighted by atomic mass is 9.81. The molecule has 9 nitrogen and oxygen atoms in total. The molecule has 14 heteroatoms. The number of nitrogens with two attached hydrogens (primary N) is 1. The second kappa shape index (κ2) is 11.3. The number of aromatic nitrogens is 2. The molecule has 4 aromatic rings. The largest absolute Gasteiger partial charge is 0.494 e. The van der Waals surface area contributed by atoms with Crippen LogP contribution in [0.3, 0.4) is 0 Å². The van der Waals surface area contributed by atoms with Crippen molar-refractivity contribution in [3.63, 3.8) is 0 Å². The summed E-state index contributed by atoms with van der Waals surface area (Å²) in [5.41, 5.74) is 2.69. The van der Waals surface area contributed by atoms with E-state index in [1.807, 2.05) is 0 Å². The van der Waals surface area contributed by atoms with Crippen molar-refractivity contribution in [2.75, 3.05) is 20.3 Å². The average molecular weight is 673 g/mol. The number of nitrogens with zero attached hydrogens (tertiary/aromatic N) is 2. The number of carbonyl (C=O) groups excluding carboxylic acids is 2. The van der Waals surface area contributed by atoms with Gasteiger partial charge in [0.15, 0.2) is 0 Å². The molecule has 4 N–H and O–H groups in total. The number of aliphatic hydroxyl groups is 1. The predicted octanol–water partition coefficient (Wildman–Crippen LogP) is 5.59. The molecule has 2 amide bonds. The molecule has 0 spiro atoms. The third-order valence-electron chi connectivity index (χ3n) is 8.89. The number of primary amides is 1. The van der Waals surface area contributed by atoms with Crippen LogP contribution in [0.15, 0.2) is 42.5 Å². The predicted molar refractivity (Wildman–Crippen MR) is 164 cm³/mol. The van der Waals surface area contributed by atoms with Crippen molar-refractivity contribution in [2.45, 2.75) is 43.9 Å². The summed E-state index contributed by atoms with van der Waals surface area (Å²) in [6, 6.07) is 8.99. The van der Waals surface area contributed by atoms with Crippen molar-refractivity contribution in [2.24, 2.45) is 11.7 Å². The first kappa shape index (κ1) is 32.5. The maximum atomic E-state index is 14.1. The van der Waals surface area contributed by atoms with Gasteiger partial charge in [-0.1, -0.05) is 11.6 Å². The summed E-state index contributed by atoms with van der Waals surface area (Å²) in [5, 5.41) is 14.7. The van der Waals surface area contributed by atoms with Crippen molar-refractivity contribution in [1.29, 1.82) is 0 Å². The second-order valence-electron chi connectivity index (χ2n) is 12.1. The highest BCUT2D eigenvalue weighted by Crippen LogP contribution is 2.50. The zero-order valence-electron chi connectivity index (χ0n) is 25.4. The van der Waals surface area contributed by atoms with Gasteiger partial charge < -0.3 is 25.6 Å². The Morgan fingerprint density at radius 3 is 2.51 bits per heavy atom. The van der Waals surface area contributed by atoms with E-state index in [9.17, 15) is 32.3 Å². The van der Waals surface area contributed by atoms with Crippen LogP contribution < -0.4 is 20.5 Å². The molecular formula is C33H29ClF4N4O5. The number of ether oxygens (including phenoxy) is 2. The zero-order valence-corrected chi connectivity index (χ0v) is 26.1. The summed E-state index contributed by atoms with van der Waals surface area (Å²) in [5.74, 6) is -2.05. The number of aryl methyl sites for hydroxylation is 1. The Kier molecular flexibility index (Phi) is 7.83. The standard InChI is InChI=1S/C33H29ClF4N4O5/c1-15-20(33(36,37)38)9-17-8-18(11-24(46-3)26(17)41-15)29(43)40-13-32(45,19-5-6-19)25-12-21-28(47-14-31(21,2)30(39)44)27(42-25)16-4-7-23(35)22(34)10-16/h4,7-12,19,45H,5-6,13-14H2,1-3H3,(H2,39,44)(H,40,43)/t31-,32?/m0/s1. The number of halogens is 5. The van der Waals surface area contributed by atoms with E-state index in [1.54, 1.807) is 6.92 Å². The van der Waals surface area contributed by atoms with Crippen molar-refractivity contribution < 1.29 is 41.7 Å². The quantitative estimate of drug-likeness (QED) is 0.208. The molecule has 246 valence electrons. The Labute approximate surface area is 271 Å². The number of benzene rings is 2. The topological polar surface area (TPSA) is 137 Å². The molecule has 2 atom stereocenters. The molecule has 1 saturated carbocycles. The summed E-state index contributed by atoms with van der Waals surface area (Å²) in [4.78, 5) is 34.9. The first-order valence-electron chi connectivity index (χ1n) is 14.6. The summed E-state index contributed by atoms with van der Waals surface area (Å²) < 4.78 is 66.2.